The molecule has 0 saturated carbocycles. The van der Waals surface area contributed by atoms with Crippen molar-refractivity contribution in [3.05, 3.63) is 48.6 Å². The molecule has 2 atom stereocenters. The Morgan fingerprint density at radius 2 is 0.620 bits per heavy atom. The molecule has 1 amide bonds. The van der Waals surface area contributed by atoms with Crippen molar-refractivity contribution in [3.63, 3.8) is 0 Å². The maximum absolute atomic E-state index is 12.5. The number of aliphatic hydroxyl groups excluding tert-OH is 2. The van der Waals surface area contributed by atoms with Gasteiger partial charge in [0.05, 0.1) is 18.8 Å². The summed E-state index contributed by atoms with van der Waals surface area (Å²) in [5.41, 5.74) is 0. The maximum Gasteiger partial charge on any atom is 0.220 e. The number of hydrogen-bond acceptors (Lipinski definition) is 3. The Labute approximate surface area is 445 Å². The average molecular weight is 995 g/mol. The zero-order chi connectivity index (χ0) is 51.3. The molecular formula is C67H127NO3. The average Bonchev–Trinajstić information content (AvgIpc) is 3.37. The molecule has 0 aliphatic carbocycles. The largest absolute Gasteiger partial charge is 0.394 e. The number of amides is 1. The van der Waals surface area contributed by atoms with E-state index in [9.17, 15) is 15.0 Å². The second-order valence-electron chi connectivity index (χ2n) is 22.2. The maximum atomic E-state index is 12.5. The SMILES string of the molecule is CC/C=C\C/C=C\C/C=C\C/C=C\CCCCCCCCCCCCCCCCCCCCCCC(=O)NC(CO)C(O)CCCCCCCCCCCCCCCCCCCCCCCCCCCC. The number of rotatable bonds is 60. The summed E-state index contributed by atoms with van der Waals surface area (Å²) in [5, 5.41) is 23.4. The van der Waals surface area contributed by atoms with Gasteiger partial charge in [-0.25, -0.2) is 0 Å². The van der Waals surface area contributed by atoms with E-state index in [-0.39, 0.29) is 12.5 Å². The van der Waals surface area contributed by atoms with Crippen molar-refractivity contribution in [2.24, 2.45) is 0 Å². The predicted molar refractivity (Wildman–Crippen MR) is 318 cm³/mol. The van der Waals surface area contributed by atoms with Crippen LogP contribution in [0.3, 0.4) is 0 Å². The molecule has 4 nitrogen and oxygen atoms in total. The standard InChI is InChI=1S/C67H127NO3/c1-3-5-7-9-11-13-15-17-19-21-23-25-27-29-31-32-33-34-35-36-37-39-41-43-45-47-49-51-53-55-57-59-61-63-67(71)68-65(64-69)66(70)62-60-58-56-54-52-50-48-46-44-42-40-38-30-28-26-24-22-20-18-16-14-12-10-8-6-4-2/h5,7,11,13,17,19,23,25,65-66,69-70H,3-4,6,8-10,12,14-16,18,20-22,24,26-64H2,1-2H3,(H,68,71)/b7-5-,13-11-,19-17-,25-23-. The van der Waals surface area contributed by atoms with Crippen LogP contribution < -0.4 is 5.32 Å². The minimum absolute atomic E-state index is 0.0245. The van der Waals surface area contributed by atoms with Crippen molar-refractivity contribution < 1.29 is 15.0 Å². The number of allylic oxidation sites excluding steroid dienone is 8. The van der Waals surface area contributed by atoms with Crippen LogP contribution in [-0.4, -0.2) is 34.9 Å². The fourth-order valence-corrected chi connectivity index (χ4v) is 10.2. The zero-order valence-electron chi connectivity index (χ0n) is 48.3. The molecule has 0 fully saturated rings. The number of aliphatic hydroxyl groups is 2. The normalized spacial score (nSPS) is 13.0. The number of carbonyl (C=O) groups is 1. The van der Waals surface area contributed by atoms with E-state index in [1.165, 1.54) is 276 Å². The molecule has 0 spiro atoms. The lowest BCUT2D eigenvalue weighted by molar-refractivity contribution is -0.123. The van der Waals surface area contributed by atoms with Crippen molar-refractivity contribution in [1.29, 1.82) is 0 Å². The van der Waals surface area contributed by atoms with Gasteiger partial charge in [0.25, 0.3) is 0 Å². The van der Waals surface area contributed by atoms with Gasteiger partial charge in [0.15, 0.2) is 0 Å². The van der Waals surface area contributed by atoms with Crippen LogP contribution in [0.5, 0.6) is 0 Å². The summed E-state index contributed by atoms with van der Waals surface area (Å²) in [6.45, 7) is 4.29. The second-order valence-corrected chi connectivity index (χ2v) is 22.2. The summed E-state index contributed by atoms with van der Waals surface area (Å²) in [6, 6.07) is -0.537. The third kappa shape index (κ3) is 59.1. The fourth-order valence-electron chi connectivity index (χ4n) is 10.2. The van der Waals surface area contributed by atoms with Gasteiger partial charge < -0.3 is 15.5 Å². The zero-order valence-corrected chi connectivity index (χ0v) is 48.3. The molecule has 4 heteroatoms. The summed E-state index contributed by atoms with van der Waals surface area (Å²) in [5.74, 6) is -0.0245. The number of carbonyl (C=O) groups excluding carboxylic acids is 1. The first-order chi connectivity index (χ1) is 35.2. The minimum Gasteiger partial charge on any atom is -0.394 e. The lowest BCUT2D eigenvalue weighted by Crippen LogP contribution is -2.45. The second kappa shape index (κ2) is 62.6. The molecule has 0 heterocycles. The van der Waals surface area contributed by atoms with E-state index in [4.69, 9.17) is 0 Å². The molecular weight excluding hydrogens is 867 g/mol. The Hall–Kier alpha value is -1.65. The van der Waals surface area contributed by atoms with Crippen LogP contribution in [0.15, 0.2) is 48.6 Å². The van der Waals surface area contributed by atoms with Crippen LogP contribution in [-0.2, 0) is 4.79 Å². The quantitative estimate of drug-likeness (QED) is 0.0420. The highest BCUT2D eigenvalue weighted by molar-refractivity contribution is 5.76. The Morgan fingerprint density at radius 1 is 0.352 bits per heavy atom. The molecule has 0 aliphatic heterocycles. The van der Waals surface area contributed by atoms with Gasteiger partial charge in [-0.15, -0.1) is 0 Å². The first-order valence-corrected chi connectivity index (χ1v) is 32.3. The lowest BCUT2D eigenvalue weighted by Gasteiger charge is -2.22. The van der Waals surface area contributed by atoms with E-state index in [1.54, 1.807) is 0 Å². The number of unbranched alkanes of at least 4 members (excludes halogenated alkanes) is 45. The third-order valence-electron chi connectivity index (χ3n) is 15.1. The molecule has 0 saturated heterocycles. The van der Waals surface area contributed by atoms with E-state index in [0.717, 1.165) is 51.4 Å². The highest BCUT2D eigenvalue weighted by Gasteiger charge is 2.20. The summed E-state index contributed by atoms with van der Waals surface area (Å²) in [6.07, 6.45) is 87.1. The molecule has 0 aliphatic rings. The fraction of sp³-hybridized carbons (Fsp3) is 0.866. The van der Waals surface area contributed by atoms with Crippen molar-refractivity contribution in [2.45, 2.75) is 366 Å². The Morgan fingerprint density at radius 3 is 0.930 bits per heavy atom. The highest BCUT2D eigenvalue weighted by atomic mass is 16.3. The predicted octanol–water partition coefficient (Wildman–Crippen LogP) is 21.8. The first-order valence-electron chi connectivity index (χ1n) is 32.3. The van der Waals surface area contributed by atoms with E-state index in [0.29, 0.717) is 12.8 Å². The lowest BCUT2D eigenvalue weighted by atomic mass is 10.0. The molecule has 2 unspecified atom stereocenters. The van der Waals surface area contributed by atoms with Crippen LogP contribution in [0.1, 0.15) is 354 Å². The molecule has 0 rings (SSSR count). The van der Waals surface area contributed by atoms with Gasteiger partial charge >= 0.3 is 0 Å². The van der Waals surface area contributed by atoms with Crippen LogP contribution in [0.2, 0.25) is 0 Å². The van der Waals surface area contributed by atoms with E-state index in [1.807, 2.05) is 0 Å². The smallest absolute Gasteiger partial charge is 0.220 e. The molecule has 3 N–H and O–H groups in total. The van der Waals surface area contributed by atoms with Gasteiger partial charge in [-0.1, -0.05) is 345 Å². The van der Waals surface area contributed by atoms with Crippen molar-refractivity contribution in [2.75, 3.05) is 6.61 Å². The third-order valence-corrected chi connectivity index (χ3v) is 15.1. The van der Waals surface area contributed by atoms with E-state index >= 15 is 0 Å². The molecule has 0 radical (unpaired) electrons. The van der Waals surface area contributed by atoms with Gasteiger partial charge in [0, 0.05) is 6.42 Å². The first kappa shape index (κ1) is 69.3. The van der Waals surface area contributed by atoms with Crippen LogP contribution in [0, 0.1) is 0 Å². The number of hydrogen-bond donors (Lipinski definition) is 3. The topological polar surface area (TPSA) is 69.6 Å². The number of nitrogens with one attached hydrogen (secondary N) is 1. The summed E-state index contributed by atoms with van der Waals surface area (Å²) in [4.78, 5) is 12.5. The van der Waals surface area contributed by atoms with Crippen LogP contribution >= 0.6 is 0 Å². The molecule has 71 heavy (non-hydrogen) atoms. The van der Waals surface area contributed by atoms with Gasteiger partial charge in [0.1, 0.15) is 0 Å². The molecule has 0 aromatic heterocycles. The van der Waals surface area contributed by atoms with Gasteiger partial charge in [-0.3, -0.25) is 4.79 Å². The van der Waals surface area contributed by atoms with Gasteiger partial charge in [-0.2, -0.15) is 0 Å². The molecule has 0 aromatic carbocycles. The van der Waals surface area contributed by atoms with Crippen LogP contribution in [0.25, 0.3) is 0 Å². The summed E-state index contributed by atoms with van der Waals surface area (Å²) >= 11 is 0. The van der Waals surface area contributed by atoms with Gasteiger partial charge in [-0.05, 0) is 51.4 Å². The van der Waals surface area contributed by atoms with Crippen LogP contribution in [0.4, 0.5) is 0 Å². The Balaban J connectivity index is 3.40. The van der Waals surface area contributed by atoms with E-state index in [2.05, 4.69) is 67.8 Å². The molecule has 0 bridgehead atoms. The van der Waals surface area contributed by atoms with Crippen molar-refractivity contribution in [3.8, 4) is 0 Å². The summed E-state index contributed by atoms with van der Waals surface area (Å²) in [7, 11) is 0. The Bertz CT molecular complexity index is 1130. The molecule has 0 aromatic rings. The van der Waals surface area contributed by atoms with Crippen molar-refractivity contribution >= 4 is 5.91 Å². The van der Waals surface area contributed by atoms with Gasteiger partial charge in [0.2, 0.25) is 5.91 Å². The van der Waals surface area contributed by atoms with Crippen molar-refractivity contribution in [1.82, 2.24) is 5.32 Å². The monoisotopic (exact) mass is 994 g/mol. The minimum atomic E-state index is -0.660. The molecule has 418 valence electrons. The summed E-state index contributed by atoms with van der Waals surface area (Å²) < 4.78 is 0. The van der Waals surface area contributed by atoms with E-state index < -0.39 is 12.1 Å². The Kier molecular flexibility index (Phi) is 61.2. The highest BCUT2D eigenvalue weighted by Crippen LogP contribution is 2.19.